The Morgan fingerprint density at radius 2 is 0.705 bits per heavy atom. The zero-order valence-corrected chi connectivity index (χ0v) is 41.6. The standard InChI is InChI=1S/C74H46N4/c1-5-21-47(22-6-1)59-41-49-25-13-15-27-51(49)43-67(59)75(53-29-9-3-10-30-53)65-39-37-55-61-45-70-62(46-69(61)77-63-35-19-17-33-57(63)71(65)73(55)77)56-38-40-66(72-58-34-18-20-36-64(58)78(70)74(56)72)76(54-31-11-4-12-32-54)68-44-52-28-16-14-26-50(52)42-60(68)48-23-7-2-8-24-48/h1-46H/i1D,4D,5D,6D,11D,12D,21D,22D,31D,32D. The Hall–Kier alpha value is -10.4. The van der Waals surface area contributed by atoms with Crippen molar-refractivity contribution in [1.82, 2.24) is 8.80 Å². The van der Waals surface area contributed by atoms with Crippen LogP contribution in [0.4, 0.5) is 34.1 Å². The van der Waals surface area contributed by atoms with Gasteiger partial charge in [-0.1, -0.05) is 194 Å². The van der Waals surface area contributed by atoms with Crippen molar-refractivity contribution in [2.75, 3.05) is 9.80 Å². The van der Waals surface area contributed by atoms with E-state index in [1.54, 1.807) is 0 Å². The van der Waals surface area contributed by atoms with Crippen molar-refractivity contribution in [1.29, 1.82) is 0 Å². The highest BCUT2D eigenvalue weighted by molar-refractivity contribution is 6.32. The molecule has 13 aromatic carbocycles. The summed E-state index contributed by atoms with van der Waals surface area (Å²) in [6.07, 6.45) is 0. The molecule has 0 amide bonds. The van der Waals surface area contributed by atoms with Crippen molar-refractivity contribution < 1.29 is 13.7 Å². The van der Waals surface area contributed by atoms with Crippen molar-refractivity contribution in [2.45, 2.75) is 0 Å². The lowest BCUT2D eigenvalue weighted by Gasteiger charge is -2.29. The fraction of sp³-hybridized carbons (Fsp3) is 0. The summed E-state index contributed by atoms with van der Waals surface area (Å²) in [5.41, 5.74) is 11.8. The SMILES string of the molecule is [2H]c1c([2H])c([2H])c(-c2cc3ccccc3cc2N(c2ccccc2)c2ccc3c4cc5c(cc4n4c6ccccc6c2c34)c2ccc(N(c3cc4ccccc4cc3-c3ccccc3)c3c([2H])c([2H])c([2H])c([2H])c3[2H])c3c4ccccc4n5c23)c([2H])c1[2H]. The molecule has 4 nitrogen and oxygen atoms in total. The molecule has 4 heteroatoms. The Morgan fingerprint density at radius 3 is 1.23 bits per heavy atom. The number of benzene rings is 13. The quantitative estimate of drug-likeness (QED) is 0.151. The zero-order chi connectivity index (χ0) is 59.7. The molecule has 17 aromatic rings. The van der Waals surface area contributed by atoms with Gasteiger partial charge in [-0.05, 0) is 118 Å². The number of nitrogens with zero attached hydrogens (tertiary/aromatic N) is 4. The van der Waals surface area contributed by atoms with E-state index in [0.29, 0.717) is 22.6 Å². The first kappa shape index (κ1) is 34.2. The third kappa shape index (κ3) is 6.11. The third-order valence-electron chi connectivity index (χ3n) is 16.0. The van der Waals surface area contributed by atoms with Crippen molar-refractivity contribution in [2.24, 2.45) is 0 Å². The van der Waals surface area contributed by atoms with E-state index < -0.39 is 36.3 Å². The first-order chi connectivity index (χ1) is 42.9. The van der Waals surface area contributed by atoms with Gasteiger partial charge >= 0.3 is 0 Å². The van der Waals surface area contributed by atoms with Crippen LogP contribution in [0, 0.1) is 0 Å². The number of hydrogen-bond acceptors (Lipinski definition) is 2. The van der Waals surface area contributed by atoms with E-state index in [1.807, 2.05) is 126 Å². The van der Waals surface area contributed by atoms with Crippen LogP contribution in [-0.2, 0) is 0 Å². The second-order valence-corrected chi connectivity index (χ2v) is 20.1. The Bertz CT molecular complexity index is 5790. The molecule has 0 aliphatic carbocycles. The summed E-state index contributed by atoms with van der Waals surface area (Å²) in [6, 6.07) is 70.3. The van der Waals surface area contributed by atoms with Crippen LogP contribution in [0.25, 0.3) is 120 Å². The molecule has 4 heterocycles. The van der Waals surface area contributed by atoms with Gasteiger partial charge in [-0.3, -0.25) is 0 Å². The first-order valence-corrected chi connectivity index (χ1v) is 26.1. The normalized spacial score (nSPS) is 13.9. The molecule has 0 unspecified atom stereocenters. The van der Waals surface area contributed by atoms with Crippen LogP contribution in [0.1, 0.15) is 13.7 Å². The highest BCUT2D eigenvalue weighted by atomic mass is 15.2. The van der Waals surface area contributed by atoms with Gasteiger partial charge in [0.1, 0.15) is 0 Å². The molecule has 0 radical (unpaired) electrons. The monoisotopic (exact) mass is 1000 g/mol. The number of rotatable bonds is 8. The molecule has 362 valence electrons. The van der Waals surface area contributed by atoms with Crippen molar-refractivity contribution >= 4 is 132 Å². The average molecular weight is 1000 g/mol. The van der Waals surface area contributed by atoms with Gasteiger partial charge < -0.3 is 18.6 Å². The molecule has 17 rings (SSSR count). The summed E-state index contributed by atoms with van der Waals surface area (Å²) in [7, 11) is 0. The van der Waals surface area contributed by atoms with Gasteiger partial charge in [-0.25, -0.2) is 0 Å². The van der Waals surface area contributed by atoms with E-state index in [1.165, 1.54) is 0 Å². The molecule has 0 spiro atoms. The predicted molar refractivity (Wildman–Crippen MR) is 331 cm³/mol. The summed E-state index contributed by atoms with van der Waals surface area (Å²) < 4.78 is 95.7. The summed E-state index contributed by atoms with van der Waals surface area (Å²) in [5.74, 6) is 0. The Kier molecular flexibility index (Phi) is 7.25. The van der Waals surface area contributed by atoms with E-state index in [4.69, 9.17) is 8.22 Å². The number of hydrogen-bond donors (Lipinski definition) is 0. The number of para-hydroxylation sites is 4. The van der Waals surface area contributed by atoms with Gasteiger partial charge in [0.15, 0.2) is 0 Å². The van der Waals surface area contributed by atoms with Crippen LogP contribution in [-0.4, -0.2) is 8.80 Å². The van der Waals surface area contributed by atoms with Gasteiger partial charge in [0, 0.05) is 65.6 Å². The average Bonchev–Trinajstić information content (AvgIpc) is 1.51. The van der Waals surface area contributed by atoms with Crippen LogP contribution >= 0.6 is 0 Å². The maximum atomic E-state index is 9.64. The van der Waals surface area contributed by atoms with Gasteiger partial charge in [-0.2, -0.15) is 0 Å². The molecule has 0 saturated heterocycles. The largest absolute Gasteiger partial charge is 0.309 e. The lowest BCUT2D eigenvalue weighted by atomic mass is 9.96. The van der Waals surface area contributed by atoms with Gasteiger partial charge in [0.25, 0.3) is 0 Å². The molecule has 0 aliphatic heterocycles. The molecular weight excluding hydrogens is 945 g/mol. The highest BCUT2D eigenvalue weighted by Gasteiger charge is 2.29. The minimum absolute atomic E-state index is 0.0382. The van der Waals surface area contributed by atoms with Crippen molar-refractivity contribution in [3.05, 3.63) is 279 Å². The Labute approximate surface area is 463 Å². The van der Waals surface area contributed by atoms with Crippen LogP contribution in [0.2, 0.25) is 0 Å². The molecule has 4 aromatic heterocycles. The second-order valence-electron chi connectivity index (χ2n) is 20.1. The summed E-state index contributed by atoms with van der Waals surface area (Å²) >= 11 is 0. The molecule has 0 bridgehead atoms. The molecule has 0 saturated carbocycles. The van der Waals surface area contributed by atoms with E-state index in [-0.39, 0.29) is 35.4 Å². The molecule has 0 atom stereocenters. The minimum atomic E-state index is -0.468. The minimum Gasteiger partial charge on any atom is -0.309 e. The lowest BCUT2D eigenvalue weighted by molar-refractivity contribution is 1.30. The summed E-state index contributed by atoms with van der Waals surface area (Å²) in [6.45, 7) is 0. The maximum Gasteiger partial charge on any atom is 0.0645 e. The van der Waals surface area contributed by atoms with E-state index in [2.05, 4.69) is 111 Å². The predicted octanol–water partition coefficient (Wildman–Crippen LogP) is 20.6. The number of fused-ring (bicyclic) bond motifs is 14. The molecule has 0 fully saturated rings. The summed E-state index contributed by atoms with van der Waals surface area (Å²) in [5, 5.41) is 11.5. The van der Waals surface area contributed by atoms with Gasteiger partial charge in [0.05, 0.1) is 69.6 Å². The Balaban J connectivity index is 0.958. The van der Waals surface area contributed by atoms with Crippen LogP contribution < -0.4 is 9.80 Å². The lowest BCUT2D eigenvalue weighted by Crippen LogP contribution is -2.11. The van der Waals surface area contributed by atoms with E-state index >= 15 is 0 Å². The van der Waals surface area contributed by atoms with Crippen LogP contribution in [0.5, 0.6) is 0 Å². The molecular formula is C74H46N4. The van der Waals surface area contributed by atoms with Crippen molar-refractivity contribution in [3.63, 3.8) is 0 Å². The Morgan fingerprint density at radius 1 is 0.282 bits per heavy atom. The molecule has 0 N–H and O–H groups in total. The molecule has 0 aliphatic rings. The first-order valence-electron chi connectivity index (χ1n) is 31.1. The highest BCUT2D eigenvalue weighted by Crippen LogP contribution is 2.53. The smallest absolute Gasteiger partial charge is 0.0645 e. The van der Waals surface area contributed by atoms with E-state index in [9.17, 15) is 5.48 Å². The maximum absolute atomic E-state index is 9.64. The third-order valence-corrected chi connectivity index (χ3v) is 16.0. The fourth-order valence-electron chi connectivity index (χ4n) is 12.8. The number of aromatic nitrogens is 2. The fourth-order valence-corrected chi connectivity index (χ4v) is 12.8. The molecule has 78 heavy (non-hydrogen) atoms. The zero-order valence-electron chi connectivity index (χ0n) is 51.6. The number of anilines is 6. The van der Waals surface area contributed by atoms with Crippen LogP contribution in [0.15, 0.2) is 279 Å². The second kappa shape index (κ2) is 16.5. The summed E-state index contributed by atoms with van der Waals surface area (Å²) in [4.78, 5) is 4.07. The topological polar surface area (TPSA) is 15.3 Å². The van der Waals surface area contributed by atoms with Crippen molar-refractivity contribution in [3.8, 4) is 22.3 Å². The van der Waals surface area contributed by atoms with E-state index in [0.717, 1.165) is 120 Å². The van der Waals surface area contributed by atoms with Crippen LogP contribution in [0.3, 0.4) is 0 Å². The van der Waals surface area contributed by atoms with Gasteiger partial charge in [0.2, 0.25) is 0 Å². The van der Waals surface area contributed by atoms with Gasteiger partial charge in [-0.15, -0.1) is 0 Å².